The number of ketones is 1. The smallest absolute Gasteiger partial charge is 0.149 e. The Balaban J connectivity index is 1.83. The molecule has 0 amide bonds. The van der Waals surface area contributed by atoms with Crippen LogP contribution in [0.15, 0.2) is 0 Å². The highest BCUT2D eigenvalue weighted by molar-refractivity contribution is 5.83. The molecule has 1 saturated carbocycles. The van der Waals surface area contributed by atoms with Crippen LogP contribution in [0.1, 0.15) is 65.7 Å². The Morgan fingerprint density at radius 2 is 1.74 bits per heavy atom. The van der Waals surface area contributed by atoms with E-state index in [2.05, 4.69) is 25.7 Å². The number of hydrogen-bond acceptors (Lipinski definition) is 2. The molecule has 2 rings (SSSR count). The van der Waals surface area contributed by atoms with Gasteiger partial charge in [0.1, 0.15) is 5.78 Å². The number of likely N-dealkylation sites (tertiary alicyclic amines) is 1. The standard InChI is InChI=1S/C17H31NO/c1-4-15-8-7-14(3)18(11-15)12-17(19)16-9-5-13(2)6-10-16/h13-16H,4-12H2,1-3H3. The van der Waals surface area contributed by atoms with Crippen LogP contribution >= 0.6 is 0 Å². The van der Waals surface area contributed by atoms with Gasteiger partial charge in [0, 0.05) is 18.5 Å². The van der Waals surface area contributed by atoms with Crippen LogP contribution in [0.4, 0.5) is 0 Å². The lowest BCUT2D eigenvalue weighted by atomic mass is 9.80. The highest BCUT2D eigenvalue weighted by Crippen LogP contribution is 2.30. The van der Waals surface area contributed by atoms with Crippen molar-refractivity contribution in [2.24, 2.45) is 17.8 Å². The molecule has 2 atom stereocenters. The Morgan fingerprint density at radius 1 is 1.05 bits per heavy atom. The summed E-state index contributed by atoms with van der Waals surface area (Å²) in [5.41, 5.74) is 0. The van der Waals surface area contributed by atoms with E-state index in [1.165, 1.54) is 32.1 Å². The molecule has 1 saturated heterocycles. The van der Waals surface area contributed by atoms with Gasteiger partial charge >= 0.3 is 0 Å². The summed E-state index contributed by atoms with van der Waals surface area (Å²) >= 11 is 0. The fourth-order valence-corrected chi connectivity index (χ4v) is 3.73. The van der Waals surface area contributed by atoms with E-state index in [-0.39, 0.29) is 0 Å². The van der Waals surface area contributed by atoms with Crippen LogP contribution in [-0.2, 0) is 4.79 Å². The monoisotopic (exact) mass is 265 g/mol. The number of carbonyl (C=O) groups is 1. The topological polar surface area (TPSA) is 20.3 Å². The Hall–Kier alpha value is -0.370. The zero-order valence-corrected chi connectivity index (χ0v) is 13.0. The predicted octanol–water partition coefficient (Wildman–Crippen LogP) is 3.89. The first kappa shape index (κ1) is 15.0. The minimum atomic E-state index is 0.366. The van der Waals surface area contributed by atoms with Crippen molar-refractivity contribution in [3.63, 3.8) is 0 Å². The second-order valence-corrected chi connectivity index (χ2v) is 7.05. The number of rotatable bonds is 4. The molecule has 0 radical (unpaired) electrons. The summed E-state index contributed by atoms with van der Waals surface area (Å²) in [6.07, 6.45) is 8.67. The maximum absolute atomic E-state index is 12.5. The summed E-state index contributed by atoms with van der Waals surface area (Å²) in [7, 11) is 0. The molecule has 2 nitrogen and oxygen atoms in total. The van der Waals surface area contributed by atoms with Crippen LogP contribution in [0.5, 0.6) is 0 Å². The highest BCUT2D eigenvalue weighted by atomic mass is 16.1. The molecule has 2 heteroatoms. The number of carbonyl (C=O) groups excluding carboxylic acids is 1. The van der Waals surface area contributed by atoms with E-state index in [0.29, 0.717) is 17.7 Å². The number of piperidine rings is 1. The quantitative estimate of drug-likeness (QED) is 0.768. The van der Waals surface area contributed by atoms with E-state index in [9.17, 15) is 4.79 Å². The summed E-state index contributed by atoms with van der Waals surface area (Å²) in [5, 5.41) is 0. The zero-order valence-electron chi connectivity index (χ0n) is 13.0. The van der Waals surface area contributed by atoms with Crippen LogP contribution in [0.25, 0.3) is 0 Å². The van der Waals surface area contributed by atoms with Crippen LogP contribution in [0, 0.1) is 17.8 Å². The van der Waals surface area contributed by atoms with E-state index in [1.807, 2.05) is 0 Å². The summed E-state index contributed by atoms with van der Waals surface area (Å²) in [4.78, 5) is 14.9. The summed E-state index contributed by atoms with van der Waals surface area (Å²) in [6.45, 7) is 8.76. The largest absolute Gasteiger partial charge is 0.298 e. The SMILES string of the molecule is CCC1CCC(C)N(CC(=O)C2CCC(C)CC2)C1. The van der Waals surface area contributed by atoms with Gasteiger partial charge in [0.2, 0.25) is 0 Å². The third kappa shape index (κ3) is 4.05. The second-order valence-electron chi connectivity index (χ2n) is 7.05. The number of Topliss-reactive ketones (excluding diaryl/α,β-unsaturated/α-hetero) is 1. The van der Waals surface area contributed by atoms with E-state index >= 15 is 0 Å². The number of nitrogens with zero attached hydrogens (tertiary/aromatic N) is 1. The van der Waals surface area contributed by atoms with Gasteiger partial charge in [-0.05, 0) is 44.4 Å². The van der Waals surface area contributed by atoms with Gasteiger partial charge in [-0.25, -0.2) is 0 Å². The Labute approximate surface area is 118 Å². The summed E-state index contributed by atoms with van der Waals surface area (Å²) in [6, 6.07) is 0.606. The summed E-state index contributed by atoms with van der Waals surface area (Å²) < 4.78 is 0. The molecule has 0 N–H and O–H groups in total. The van der Waals surface area contributed by atoms with Crippen LogP contribution in [0.3, 0.4) is 0 Å². The van der Waals surface area contributed by atoms with Gasteiger partial charge in [0.25, 0.3) is 0 Å². The second kappa shape index (κ2) is 6.88. The first-order chi connectivity index (χ1) is 9.10. The summed E-state index contributed by atoms with van der Waals surface area (Å²) in [5.74, 6) is 2.54. The zero-order chi connectivity index (χ0) is 13.8. The fraction of sp³-hybridized carbons (Fsp3) is 0.941. The molecule has 2 unspecified atom stereocenters. The van der Waals surface area contributed by atoms with E-state index in [0.717, 1.165) is 37.8 Å². The van der Waals surface area contributed by atoms with Gasteiger partial charge in [-0.2, -0.15) is 0 Å². The molecule has 2 fully saturated rings. The lowest BCUT2D eigenvalue weighted by molar-refractivity contribution is -0.126. The normalized spacial score (nSPS) is 37.2. The molecular formula is C17H31NO. The maximum atomic E-state index is 12.5. The van der Waals surface area contributed by atoms with Crippen molar-refractivity contribution < 1.29 is 4.79 Å². The third-order valence-corrected chi connectivity index (χ3v) is 5.52. The molecule has 0 aromatic carbocycles. The molecular weight excluding hydrogens is 234 g/mol. The molecule has 0 bridgehead atoms. The first-order valence-electron chi connectivity index (χ1n) is 8.36. The van der Waals surface area contributed by atoms with E-state index in [1.54, 1.807) is 0 Å². The van der Waals surface area contributed by atoms with Crippen molar-refractivity contribution in [1.29, 1.82) is 0 Å². The Bertz CT molecular complexity index is 294. The van der Waals surface area contributed by atoms with E-state index in [4.69, 9.17) is 0 Å². The molecule has 0 aromatic rings. The van der Waals surface area contributed by atoms with Crippen LogP contribution < -0.4 is 0 Å². The van der Waals surface area contributed by atoms with Gasteiger partial charge in [-0.1, -0.05) is 33.1 Å². The van der Waals surface area contributed by atoms with Gasteiger partial charge in [0.05, 0.1) is 6.54 Å². The van der Waals surface area contributed by atoms with Crippen molar-refractivity contribution in [2.45, 2.75) is 71.8 Å². The number of hydrogen-bond donors (Lipinski definition) is 0. The average molecular weight is 265 g/mol. The van der Waals surface area contributed by atoms with Crippen molar-refractivity contribution in [2.75, 3.05) is 13.1 Å². The minimum Gasteiger partial charge on any atom is -0.298 e. The van der Waals surface area contributed by atoms with E-state index < -0.39 is 0 Å². The highest BCUT2D eigenvalue weighted by Gasteiger charge is 2.29. The van der Waals surface area contributed by atoms with Crippen molar-refractivity contribution in [3.05, 3.63) is 0 Å². The fourth-order valence-electron chi connectivity index (χ4n) is 3.73. The average Bonchev–Trinajstić information content (AvgIpc) is 2.42. The van der Waals surface area contributed by atoms with Crippen LogP contribution in [-0.4, -0.2) is 29.8 Å². The molecule has 0 spiro atoms. The molecule has 1 heterocycles. The van der Waals surface area contributed by atoms with Crippen molar-refractivity contribution in [3.8, 4) is 0 Å². The maximum Gasteiger partial charge on any atom is 0.149 e. The third-order valence-electron chi connectivity index (χ3n) is 5.52. The van der Waals surface area contributed by atoms with Crippen molar-refractivity contribution >= 4 is 5.78 Å². The van der Waals surface area contributed by atoms with Gasteiger partial charge in [-0.3, -0.25) is 9.69 Å². The van der Waals surface area contributed by atoms with Gasteiger partial charge < -0.3 is 0 Å². The predicted molar refractivity (Wildman–Crippen MR) is 80.2 cm³/mol. The molecule has 1 aliphatic carbocycles. The molecule has 110 valence electrons. The van der Waals surface area contributed by atoms with Crippen LogP contribution in [0.2, 0.25) is 0 Å². The van der Waals surface area contributed by atoms with Crippen molar-refractivity contribution in [1.82, 2.24) is 4.90 Å². The van der Waals surface area contributed by atoms with Gasteiger partial charge in [-0.15, -0.1) is 0 Å². The van der Waals surface area contributed by atoms with Gasteiger partial charge in [0.15, 0.2) is 0 Å². The minimum absolute atomic E-state index is 0.366. The molecule has 19 heavy (non-hydrogen) atoms. The molecule has 1 aliphatic heterocycles. The molecule has 0 aromatic heterocycles. The first-order valence-corrected chi connectivity index (χ1v) is 8.36. The molecule has 2 aliphatic rings. The lowest BCUT2D eigenvalue weighted by Crippen LogP contribution is -2.45. The Kier molecular flexibility index (Phi) is 5.44. The Morgan fingerprint density at radius 3 is 2.37 bits per heavy atom. The lowest BCUT2D eigenvalue weighted by Gasteiger charge is -2.38.